The first-order valence-electron chi connectivity index (χ1n) is 8.00. The first-order valence-corrected chi connectivity index (χ1v) is 8.00. The molecular formula is C19H18F3NO2. The van der Waals surface area contributed by atoms with Crippen molar-refractivity contribution in [3.05, 3.63) is 59.7 Å². The van der Waals surface area contributed by atoms with Crippen LogP contribution in [0.4, 0.5) is 13.2 Å². The number of carbonyl (C=O) groups is 1. The van der Waals surface area contributed by atoms with Crippen molar-refractivity contribution in [2.45, 2.75) is 19.0 Å². The van der Waals surface area contributed by atoms with Gasteiger partial charge in [-0.1, -0.05) is 30.3 Å². The average molecular weight is 349 g/mol. The van der Waals surface area contributed by atoms with Crippen LogP contribution in [0.1, 0.15) is 28.8 Å². The third-order valence-corrected chi connectivity index (χ3v) is 4.61. The van der Waals surface area contributed by atoms with E-state index in [9.17, 15) is 23.1 Å². The van der Waals surface area contributed by atoms with Gasteiger partial charge in [-0.2, -0.15) is 13.2 Å². The summed E-state index contributed by atoms with van der Waals surface area (Å²) in [6.07, 6.45) is -2.63. The van der Waals surface area contributed by atoms with Crippen LogP contribution >= 0.6 is 0 Å². The fourth-order valence-electron chi connectivity index (χ4n) is 2.70. The first-order chi connectivity index (χ1) is 11.8. The van der Waals surface area contributed by atoms with E-state index in [2.05, 4.69) is 5.32 Å². The molecule has 0 spiro atoms. The Hall–Kier alpha value is -2.34. The smallest absolute Gasteiger partial charge is 0.396 e. The topological polar surface area (TPSA) is 49.3 Å². The first kappa shape index (κ1) is 17.5. The lowest BCUT2D eigenvalue weighted by atomic mass is 9.98. The number of carbonyl (C=O) groups excluding carboxylic acids is 1. The molecule has 0 saturated heterocycles. The average Bonchev–Trinajstić information content (AvgIpc) is 3.40. The minimum atomic E-state index is -4.39. The zero-order valence-corrected chi connectivity index (χ0v) is 13.4. The Bertz CT molecular complexity index is 765. The van der Waals surface area contributed by atoms with Gasteiger partial charge in [0, 0.05) is 17.5 Å². The summed E-state index contributed by atoms with van der Waals surface area (Å²) in [5.41, 5.74) is 0.580. The van der Waals surface area contributed by atoms with Crippen molar-refractivity contribution in [2.24, 2.45) is 5.41 Å². The minimum Gasteiger partial charge on any atom is -0.396 e. The maximum absolute atomic E-state index is 12.7. The van der Waals surface area contributed by atoms with Crippen molar-refractivity contribution in [2.75, 3.05) is 13.2 Å². The molecule has 3 rings (SSSR count). The van der Waals surface area contributed by atoms with Crippen LogP contribution in [0.2, 0.25) is 0 Å². The lowest BCUT2D eigenvalue weighted by Crippen LogP contribution is -2.32. The van der Waals surface area contributed by atoms with E-state index in [1.165, 1.54) is 12.1 Å². The minimum absolute atomic E-state index is 0.0355. The molecule has 1 saturated carbocycles. The van der Waals surface area contributed by atoms with Crippen LogP contribution in [-0.2, 0) is 6.18 Å². The van der Waals surface area contributed by atoms with E-state index in [-0.39, 0.29) is 17.9 Å². The molecule has 1 aliphatic rings. The highest BCUT2D eigenvalue weighted by Crippen LogP contribution is 2.44. The zero-order chi connectivity index (χ0) is 18.1. The predicted octanol–water partition coefficient (Wildman–Crippen LogP) is 3.87. The SMILES string of the molecule is O=C(NCC1(CO)CC1)c1ccccc1-c1ccc(C(F)(F)F)cc1. The third kappa shape index (κ3) is 3.85. The van der Waals surface area contributed by atoms with E-state index in [0.29, 0.717) is 23.2 Å². The molecule has 25 heavy (non-hydrogen) atoms. The predicted molar refractivity (Wildman–Crippen MR) is 88.0 cm³/mol. The molecule has 0 bridgehead atoms. The largest absolute Gasteiger partial charge is 0.416 e. The monoisotopic (exact) mass is 349 g/mol. The number of amides is 1. The lowest BCUT2D eigenvalue weighted by Gasteiger charge is -2.15. The van der Waals surface area contributed by atoms with Crippen molar-refractivity contribution < 1.29 is 23.1 Å². The number of nitrogens with one attached hydrogen (secondary N) is 1. The van der Waals surface area contributed by atoms with Crippen molar-refractivity contribution >= 4 is 5.91 Å². The molecule has 2 N–H and O–H groups in total. The van der Waals surface area contributed by atoms with Crippen LogP contribution in [-0.4, -0.2) is 24.2 Å². The zero-order valence-electron chi connectivity index (χ0n) is 13.4. The van der Waals surface area contributed by atoms with Gasteiger partial charge in [0.2, 0.25) is 0 Å². The van der Waals surface area contributed by atoms with E-state index in [0.717, 1.165) is 25.0 Å². The van der Waals surface area contributed by atoms with Gasteiger partial charge >= 0.3 is 6.18 Å². The quantitative estimate of drug-likeness (QED) is 0.861. The molecule has 0 heterocycles. The Balaban J connectivity index is 1.82. The Kier molecular flexibility index (Phi) is 4.56. The molecule has 0 atom stereocenters. The van der Waals surface area contributed by atoms with Gasteiger partial charge in [0.1, 0.15) is 0 Å². The summed E-state index contributed by atoms with van der Waals surface area (Å²) >= 11 is 0. The molecule has 0 aromatic heterocycles. The molecule has 2 aromatic rings. The highest BCUT2D eigenvalue weighted by Gasteiger charge is 2.42. The number of hydrogen-bond donors (Lipinski definition) is 2. The molecule has 1 fully saturated rings. The van der Waals surface area contributed by atoms with E-state index >= 15 is 0 Å². The van der Waals surface area contributed by atoms with Gasteiger partial charge < -0.3 is 10.4 Å². The molecule has 3 nitrogen and oxygen atoms in total. The van der Waals surface area contributed by atoms with Gasteiger partial charge in [-0.3, -0.25) is 4.79 Å². The van der Waals surface area contributed by atoms with Crippen molar-refractivity contribution in [3.63, 3.8) is 0 Å². The van der Waals surface area contributed by atoms with Crippen LogP contribution < -0.4 is 5.32 Å². The second-order valence-electron chi connectivity index (χ2n) is 6.46. The van der Waals surface area contributed by atoms with Crippen LogP contribution in [0.5, 0.6) is 0 Å². The molecule has 1 aliphatic carbocycles. The summed E-state index contributed by atoms with van der Waals surface area (Å²) in [7, 11) is 0. The molecule has 0 unspecified atom stereocenters. The van der Waals surface area contributed by atoms with Crippen LogP contribution in [0.25, 0.3) is 11.1 Å². The second-order valence-corrected chi connectivity index (χ2v) is 6.46. The van der Waals surface area contributed by atoms with E-state index in [4.69, 9.17) is 0 Å². The Morgan fingerprint density at radius 2 is 1.72 bits per heavy atom. The maximum atomic E-state index is 12.7. The van der Waals surface area contributed by atoms with Crippen LogP contribution in [0.15, 0.2) is 48.5 Å². The van der Waals surface area contributed by atoms with Gasteiger partial charge in [-0.25, -0.2) is 0 Å². The molecule has 0 aliphatic heterocycles. The van der Waals surface area contributed by atoms with Gasteiger partial charge in [0.15, 0.2) is 0 Å². The van der Waals surface area contributed by atoms with Gasteiger partial charge in [-0.05, 0) is 42.2 Å². The van der Waals surface area contributed by atoms with Crippen molar-refractivity contribution in [1.82, 2.24) is 5.32 Å². The van der Waals surface area contributed by atoms with E-state index in [1.54, 1.807) is 24.3 Å². The summed E-state index contributed by atoms with van der Waals surface area (Å²) < 4.78 is 38.1. The number of aliphatic hydroxyl groups is 1. The van der Waals surface area contributed by atoms with Crippen molar-refractivity contribution in [1.29, 1.82) is 0 Å². The number of alkyl halides is 3. The van der Waals surface area contributed by atoms with Crippen LogP contribution in [0, 0.1) is 5.41 Å². The highest BCUT2D eigenvalue weighted by atomic mass is 19.4. The molecule has 6 heteroatoms. The van der Waals surface area contributed by atoms with Gasteiger partial charge in [0.25, 0.3) is 5.91 Å². The molecule has 0 radical (unpaired) electrons. The highest BCUT2D eigenvalue weighted by molar-refractivity contribution is 6.00. The Labute approximate surface area is 143 Å². The molecule has 132 valence electrons. The lowest BCUT2D eigenvalue weighted by molar-refractivity contribution is -0.137. The van der Waals surface area contributed by atoms with Crippen LogP contribution in [0.3, 0.4) is 0 Å². The third-order valence-electron chi connectivity index (χ3n) is 4.61. The summed E-state index contributed by atoms with van der Waals surface area (Å²) in [6, 6.07) is 11.5. The fourth-order valence-corrected chi connectivity index (χ4v) is 2.70. The number of halogens is 3. The molecule has 2 aromatic carbocycles. The summed E-state index contributed by atoms with van der Waals surface area (Å²) in [4.78, 5) is 12.5. The summed E-state index contributed by atoms with van der Waals surface area (Å²) in [5, 5.41) is 12.1. The number of aliphatic hydroxyl groups excluding tert-OH is 1. The van der Waals surface area contributed by atoms with E-state index in [1.807, 2.05) is 0 Å². The number of rotatable bonds is 5. The summed E-state index contributed by atoms with van der Waals surface area (Å²) in [6.45, 7) is 0.428. The van der Waals surface area contributed by atoms with Gasteiger partial charge in [-0.15, -0.1) is 0 Å². The standard InChI is InChI=1S/C19H18F3NO2/c20-19(21,22)14-7-5-13(6-8-14)15-3-1-2-4-16(15)17(25)23-11-18(12-24)9-10-18/h1-8,24H,9-12H2,(H,23,25). The normalized spacial score (nSPS) is 15.7. The maximum Gasteiger partial charge on any atom is 0.416 e. The second kappa shape index (κ2) is 6.52. The molecule has 1 amide bonds. The number of hydrogen-bond acceptors (Lipinski definition) is 2. The van der Waals surface area contributed by atoms with E-state index < -0.39 is 11.7 Å². The fraction of sp³-hybridized carbons (Fsp3) is 0.316. The summed E-state index contributed by atoms with van der Waals surface area (Å²) in [5.74, 6) is -0.296. The Morgan fingerprint density at radius 1 is 1.08 bits per heavy atom. The Morgan fingerprint density at radius 3 is 2.28 bits per heavy atom. The van der Waals surface area contributed by atoms with Gasteiger partial charge in [0.05, 0.1) is 12.2 Å². The number of benzene rings is 2. The molecular weight excluding hydrogens is 331 g/mol. The van der Waals surface area contributed by atoms with Crippen molar-refractivity contribution in [3.8, 4) is 11.1 Å².